The second-order valence-electron chi connectivity index (χ2n) is 8.58. The summed E-state index contributed by atoms with van der Waals surface area (Å²) in [4.78, 5) is 39.7. The maximum Gasteiger partial charge on any atom is 0.490 e. The molecule has 1 aromatic carbocycles. The van der Waals surface area contributed by atoms with Gasteiger partial charge < -0.3 is 15.7 Å². The van der Waals surface area contributed by atoms with Gasteiger partial charge in [0, 0.05) is 48.2 Å². The second-order valence-corrected chi connectivity index (χ2v) is 10.3. The number of fused-ring (bicyclic) bond motifs is 1. The van der Waals surface area contributed by atoms with Gasteiger partial charge in [0.05, 0.1) is 22.1 Å². The first-order chi connectivity index (χ1) is 18.5. The van der Waals surface area contributed by atoms with Crippen LogP contribution in [0.3, 0.4) is 0 Å². The summed E-state index contributed by atoms with van der Waals surface area (Å²) >= 11 is 7.56. The zero-order chi connectivity index (χ0) is 28.2. The number of alkyl halides is 3. The van der Waals surface area contributed by atoms with Crippen molar-refractivity contribution in [2.75, 3.05) is 25.4 Å². The number of nitrogen functional groups attached to an aromatic ring is 1. The van der Waals surface area contributed by atoms with E-state index < -0.39 is 12.1 Å². The molecule has 39 heavy (non-hydrogen) atoms. The van der Waals surface area contributed by atoms with Crippen molar-refractivity contribution in [3.05, 3.63) is 70.6 Å². The number of pyridine rings is 1. The molecule has 1 aliphatic heterocycles. The van der Waals surface area contributed by atoms with Crippen molar-refractivity contribution in [3.8, 4) is 10.4 Å². The lowest BCUT2D eigenvalue weighted by Crippen LogP contribution is -2.49. The van der Waals surface area contributed by atoms with E-state index in [1.165, 1.54) is 17.7 Å². The Morgan fingerprint density at radius 2 is 1.85 bits per heavy atom. The molecule has 4 heterocycles. The SMILES string of the molecule is Nc1ncnc2cc(CN3CCN(Cc4ccc(-c5ccc(Cl)s5)cn4)CC3=O)ccc12.O=C(O)C(F)(F)F. The van der Waals surface area contributed by atoms with Crippen LogP contribution in [0.5, 0.6) is 0 Å². The summed E-state index contributed by atoms with van der Waals surface area (Å²) in [6.07, 6.45) is -1.76. The topological polar surface area (TPSA) is 126 Å². The lowest BCUT2D eigenvalue weighted by molar-refractivity contribution is -0.192. The van der Waals surface area contributed by atoms with Crippen LogP contribution in [0, 0.1) is 0 Å². The van der Waals surface area contributed by atoms with Crippen molar-refractivity contribution in [3.63, 3.8) is 0 Å². The van der Waals surface area contributed by atoms with Gasteiger partial charge in [-0.15, -0.1) is 11.3 Å². The summed E-state index contributed by atoms with van der Waals surface area (Å²) < 4.78 is 32.5. The number of piperazine rings is 1. The van der Waals surface area contributed by atoms with Crippen molar-refractivity contribution in [2.45, 2.75) is 19.3 Å². The number of hydrogen-bond acceptors (Lipinski definition) is 8. The minimum Gasteiger partial charge on any atom is -0.475 e. The first-order valence-electron chi connectivity index (χ1n) is 11.5. The largest absolute Gasteiger partial charge is 0.490 e. The summed E-state index contributed by atoms with van der Waals surface area (Å²) in [7, 11) is 0. The zero-order valence-electron chi connectivity index (χ0n) is 20.2. The fourth-order valence-corrected chi connectivity index (χ4v) is 4.90. The molecule has 1 aliphatic rings. The van der Waals surface area contributed by atoms with Crippen molar-refractivity contribution >= 4 is 51.5 Å². The third-order valence-corrected chi connectivity index (χ3v) is 7.09. The van der Waals surface area contributed by atoms with Gasteiger partial charge in [-0.05, 0) is 35.9 Å². The number of hydrogen-bond donors (Lipinski definition) is 2. The first kappa shape index (κ1) is 28.2. The Labute approximate surface area is 229 Å². The van der Waals surface area contributed by atoms with Gasteiger partial charge in [0.25, 0.3) is 0 Å². The van der Waals surface area contributed by atoms with Crippen LogP contribution in [0.25, 0.3) is 21.3 Å². The predicted molar refractivity (Wildman–Crippen MR) is 141 cm³/mol. The van der Waals surface area contributed by atoms with Gasteiger partial charge in [0.1, 0.15) is 12.1 Å². The minimum absolute atomic E-state index is 0.114. The van der Waals surface area contributed by atoms with E-state index in [9.17, 15) is 18.0 Å². The Morgan fingerprint density at radius 3 is 2.46 bits per heavy atom. The number of aromatic nitrogens is 3. The number of carboxylic acid groups (broad SMARTS) is 1. The van der Waals surface area contributed by atoms with Crippen LogP contribution in [0.15, 0.2) is 55.0 Å². The standard InChI is InChI=1S/C23H21ClN6OS.C2HF3O2/c24-21-6-5-20(32-21)16-2-3-17(26-10-16)12-29-7-8-30(22(31)13-29)11-15-1-4-18-19(9-15)27-14-28-23(18)25;3-2(4,5)1(6)7/h1-6,9-10,14H,7-8,11-13H2,(H2,25,27,28);(H,6,7). The molecule has 5 rings (SSSR count). The van der Waals surface area contributed by atoms with Gasteiger partial charge in [-0.3, -0.25) is 14.7 Å². The lowest BCUT2D eigenvalue weighted by Gasteiger charge is -2.34. The third kappa shape index (κ3) is 7.40. The number of nitrogens with two attached hydrogens (primary N) is 1. The summed E-state index contributed by atoms with van der Waals surface area (Å²) in [6, 6.07) is 13.8. The highest BCUT2D eigenvalue weighted by Crippen LogP contribution is 2.30. The van der Waals surface area contributed by atoms with Gasteiger partial charge in [-0.25, -0.2) is 14.8 Å². The van der Waals surface area contributed by atoms with E-state index in [0.717, 1.165) is 43.5 Å². The number of carbonyl (C=O) groups excluding carboxylic acids is 1. The van der Waals surface area contributed by atoms with Crippen LogP contribution in [0.4, 0.5) is 19.0 Å². The molecule has 204 valence electrons. The highest BCUT2D eigenvalue weighted by Gasteiger charge is 2.38. The molecule has 0 saturated carbocycles. The van der Waals surface area contributed by atoms with Crippen LogP contribution in [-0.4, -0.2) is 67.5 Å². The van der Waals surface area contributed by atoms with E-state index in [0.29, 0.717) is 32.0 Å². The smallest absolute Gasteiger partial charge is 0.475 e. The molecule has 9 nitrogen and oxygen atoms in total. The molecule has 1 amide bonds. The molecule has 4 aromatic rings. The molecule has 3 N–H and O–H groups in total. The Balaban J connectivity index is 0.000000448. The molecule has 0 bridgehead atoms. The van der Waals surface area contributed by atoms with Crippen LogP contribution >= 0.6 is 22.9 Å². The number of nitrogens with zero attached hydrogens (tertiary/aromatic N) is 5. The van der Waals surface area contributed by atoms with Crippen LogP contribution in [0.1, 0.15) is 11.3 Å². The molecule has 3 aromatic heterocycles. The van der Waals surface area contributed by atoms with Crippen LogP contribution in [-0.2, 0) is 22.7 Å². The fraction of sp³-hybridized carbons (Fsp3) is 0.240. The Morgan fingerprint density at radius 1 is 1.08 bits per heavy atom. The van der Waals surface area contributed by atoms with E-state index in [1.807, 2.05) is 47.5 Å². The molecular formula is C25H22ClF3N6O3S. The van der Waals surface area contributed by atoms with Crippen LogP contribution in [0.2, 0.25) is 4.34 Å². The normalized spacial score (nSPS) is 14.3. The van der Waals surface area contributed by atoms with E-state index in [2.05, 4.69) is 25.9 Å². The van der Waals surface area contributed by atoms with E-state index in [4.69, 9.17) is 27.2 Å². The van der Waals surface area contributed by atoms with Gasteiger partial charge in [0.15, 0.2) is 0 Å². The van der Waals surface area contributed by atoms with Crippen molar-refractivity contribution in [1.29, 1.82) is 0 Å². The predicted octanol–water partition coefficient (Wildman–Crippen LogP) is 4.47. The zero-order valence-corrected chi connectivity index (χ0v) is 21.8. The fourth-order valence-electron chi connectivity index (χ4n) is 3.86. The molecule has 0 radical (unpaired) electrons. The molecule has 14 heteroatoms. The van der Waals surface area contributed by atoms with Gasteiger partial charge in [-0.1, -0.05) is 23.7 Å². The Bertz CT molecular complexity index is 1480. The highest BCUT2D eigenvalue weighted by atomic mass is 35.5. The lowest BCUT2D eigenvalue weighted by atomic mass is 10.1. The average Bonchev–Trinajstić information content (AvgIpc) is 3.32. The van der Waals surface area contributed by atoms with Crippen LogP contribution < -0.4 is 5.73 Å². The number of thiophene rings is 1. The third-order valence-electron chi connectivity index (χ3n) is 5.81. The van der Waals surface area contributed by atoms with Crippen molar-refractivity contribution in [2.24, 2.45) is 0 Å². The van der Waals surface area contributed by atoms with Gasteiger partial charge in [-0.2, -0.15) is 13.2 Å². The number of amides is 1. The molecule has 0 aliphatic carbocycles. The van der Waals surface area contributed by atoms with E-state index >= 15 is 0 Å². The number of anilines is 1. The van der Waals surface area contributed by atoms with E-state index in [1.54, 1.807) is 0 Å². The number of carbonyl (C=O) groups is 2. The van der Waals surface area contributed by atoms with Gasteiger partial charge in [0.2, 0.25) is 5.91 Å². The number of aliphatic carboxylic acids is 1. The first-order valence-corrected chi connectivity index (χ1v) is 12.7. The van der Waals surface area contributed by atoms with E-state index in [-0.39, 0.29) is 5.91 Å². The monoisotopic (exact) mass is 578 g/mol. The molecule has 1 fully saturated rings. The number of halogens is 4. The van der Waals surface area contributed by atoms with Crippen molar-refractivity contribution < 1.29 is 27.9 Å². The van der Waals surface area contributed by atoms with Crippen molar-refractivity contribution in [1.82, 2.24) is 24.8 Å². The maximum atomic E-state index is 12.8. The Kier molecular flexibility index (Phi) is 8.63. The molecular weight excluding hydrogens is 557 g/mol. The molecule has 0 atom stereocenters. The number of rotatable bonds is 5. The summed E-state index contributed by atoms with van der Waals surface area (Å²) in [5, 5.41) is 7.95. The number of carboxylic acids is 1. The second kappa shape index (κ2) is 11.9. The quantitative estimate of drug-likeness (QED) is 0.355. The molecule has 0 spiro atoms. The molecule has 0 unspecified atom stereocenters. The van der Waals surface area contributed by atoms with Gasteiger partial charge >= 0.3 is 12.1 Å². The summed E-state index contributed by atoms with van der Waals surface area (Å²) in [5.74, 6) is -2.18. The Hall–Kier alpha value is -3.81. The summed E-state index contributed by atoms with van der Waals surface area (Å²) in [6.45, 7) is 3.07. The highest BCUT2D eigenvalue weighted by molar-refractivity contribution is 7.19. The maximum absolute atomic E-state index is 12.8. The average molecular weight is 579 g/mol. The minimum atomic E-state index is -5.08. The number of benzene rings is 1. The molecule has 1 saturated heterocycles. The summed E-state index contributed by atoms with van der Waals surface area (Å²) in [5.41, 5.74) is 9.72.